The third-order valence-electron chi connectivity index (χ3n) is 5.49. The topological polar surface area (TPSA) is 52.3 Å². The molecular weight excluding hydrogens is 360 g/mol. The van der Waals surface area contributed by atoms with E-state index in [1.165, 1.54) is 5.56 Å². The van der Waals surface area contributed by atoms with Gasteiger partial charge in [0.1, 0.15) is 0 Å². The molecule has 0 spiro atoms. The van der Waals surface area contributed by atoms with Crippen LogP contribution in [0.25, 0.3) is 5.69 Å². The Kier molecular flexibility index (Phi) is 5.46. The minimum atomic E-state index is 0.0939. The highest BCUT2D eigenvalue weighted by Gasteiger charge is 2.22. The molecule has 29 heavy (non-hydrogen) atoms. The monoisotopic (exact) mass is 384 g/mol. The van der Waals surface area contributed by atoms with Gasteiger partial charge in [-0.2, -0.15) is 5.26 Å². The average molecular weight is 384 g/mol. The van der Waals surface area contributed by atoms with E-state index < -0.39 is 0 Å². The zero-order valence-electron chi connectivity index (χ0n) is 16.6. The molecule has 3 aromatic rings. The molecule has 1 aliphatic heterocycles. The summed E-state index contributed by atoms with van der Waals surface area (Å²) in [5, 5.41) is 8.91. The number of nitriles is 1. The van der Waals surface area contributed by atoms with Crippen LogP contribution < -0.4 is 0 Å². The lowest BCUT2D eigenvalue weighted by atomic mass is 10.1. The zero-order chi connectivity index (χ0) is 20.2. The molecule has 0 saturated carbocycles. The lowest BCUT2D eigenvalue weighted by Crippen LogP contribution is -2.48. The lowest BCUT2D eigenvalue weighted by molar-refractivity contribution is 0.0628. The van der Waals surface area contributed by atoms with Gasteiger partial charge in [-0.15, -0.1) is 0 Å². The Morgan fingerprint density at radius 3 is 2.34 bits per heavy atom. The molecule has 0 aliphatic carbocycles. The third-order valence-corrected chi connectivity index (χ3v) is 5.49. The molecule has 0 unspecified atom stereocenters. The van der Waals surface area contributed by atoms with E-state index in [0.29, 0.717) is 5.56 Å². The largest absolute Gasteiger partial charge is 0.336 e. The summed E-state index contributed by atoms with van der Waals surface area (Å²) < 4.78 is 2.04. The number of rotatable bonds is 4. The normalized spacial score (nSPS) is 14.6. The number of nitrogens with zero attached hydrogens (tertiary/aromatic N) is 4. The Morgan fingerprint density at radius 1 is 1.00 bits per heavy atom. The highest BCUT2D eigenvalue weighted by molar-refractivity contribution is 5.95. The summed E-state index contributed by atoms with van der Waals surface area (Å²) in [5.74, 6) is 0.0939. The average Bonchev–Trinajstić information content (AvgIpc) is 3.29. The Labute approximate surface area is 171 Å². The van der Waals surface area contributed by atoms with Gasteiger partial charge in [-0.25, -0.2) is 0 Å². The van der Waals surface area contributed by atoms with E-state index in [2.05, 4.69) is 17.9 Å². The van der Waals surface area contributed by atoms with Crippen LogP contribution in [0.4, 0.5) is 0 Å². The van der Waals surface area contributed by atoms with Gasteiger partial charge in [0.05, 0.1) is 11.6 Å². The van der Waals surface area contributed by atoms with Crippen LogP contribution in [-0.4, -0.2) is 46.5 Å². The van der Waals surface area contributed by atoms with E-state index in [4.69, 9.17) is 5.26 Å². The maximum Gasteiger partial charge on any atom is 0.254 e. The summed E-state index contributed by atoms with van der Waals surface area (Å²) >= 11 is 0. The van der Waals surface area contributed by atoms with E-state index in [9.17, 15) is 4.79 Å². The molecule has 1 amide bonds. The van der Waals surface area contributed by atoms with Gasteiger partial charge in [0, 0.05) is 56.4 Å². The smallest absolute Gasteiger partial charge is 0.254 e. The molecule has 1 aromatic heterocycles. The fourth-order valence-corrected chi connectivity index (χ4v) is 3.75. The number of carbonyl (C=O) groups is 1. The first-order valence-electron chi connectivity index (χ1n) is 9.89. The summed E-state index contributed by atoms with van der Waals surface area (Å²) in [5.41, 5.74) is 4.80. The van der Waals surface area contributed by atoms with Crippen LogP contribution in [0.15, 0.2) is 67.0 Å². The third kappa shape index (κ3) is 4.23. The van der Waals surface area contributed by atoms with E-state index in [1.54, 1.807) is 0 Å². The Hall–Kier alpha value is -3.36. The first-order chi connectivity index (χ1) is 14.1. The second kappa shape index (κ2) is 8.34. The van der Waals surface area contributed by atoms with E-state index in [-0.39, 0.29) is 5.91 Å². The second-order valence-corrected chi connectivity index (χ2v) is 7.47. The Balaban J connectivity index is 1.39. The zero-order valence-corrected chi connectivity index (χ0v) is 16.6. The number of amides is 1. The van der Waals surface area contributed by atoms with Crippen molar-refractivity contribution in [2.75, 3.05) is 26.2 Å². The Morgan fingerprint density at radius 2 is 1.69 bits per heavy atom. The standard InChI is InChI=1S/C24H24N4O/c1-19-4-9-22(16-23(19)27-10-2-3-11-27)24(29)28-14-12-26(13-15-28)18-21-7-5-20(17-25)6-8-21/h2-11,16H,12-15,18H2,1H3. The fraction of sp³-hybridized carbons (Fsp3) is 0.250. The molecule has 1 saturated heterocycles. The number of hydrogen-bond acceptors (Lipinski definition) is 3. The van der Waals surface area contributed by atoms with Crippen LogP contribution in [-0.2, 0) is 6.54 Å². The molecule has 2 aromatic carbocycles. The van der Waals surface area contributed by atoms with Gasteiger partial charge in [0.2, 0.25) is 0 Å². The van der Waals surface area contributed by atoms with Gasteiger partial charge in [0.25, 0.3) is 5.91 Å². The molecule has 2 heterocycles. The van der Waals surface area contributed by atoms with E-state index in [1.807, 2.05) is 76.5 Å². The van der Waals surface area contributed by atoms with Crippen LogP contribution in [0.5, 0.6) is 0 Å². The molecule has 1 aliphatic rings. The van der Waals surface area contributed by atoms with E-state index >= 15 is 0 Å². The highest BCUT2D eigenvalue weighted by atomic mass is 16.2. The first kappa shape index (κ1) is 19.0. The quantitative estimate of drug-likeness (QED) is 0.690. The lowest BCUT2D eigenvalue weighted by Gasteiger charge is -2.35. The molecule has 1 fully saturated rings. The summed E-state index contributed by atoms with van der Waals surface area (Å²) in [6.45, 7) is 6.05. The minimum Gasteiger partial charge on any atom is -0.336 e. The van der Waals surface area contributed by atoms with Crippen LogP contribution in [0, 0.1) is 18.3 Å². The van der Waals surface area contributed by atoms with Crippen molar-refractivity contribution in [2.24, 2.45) is 0 Å². The summed E-state index contributed by atoms with van der Waals surface area (Å²) in [6, 6.07) is 19.8. The van der Waals surface area contributed by atoms with Crippen LogP contribution in [0.3, 0.4) is 0 Å². The second-order valence-electron chi connectivity index (χ2n) is 7.47. The number of piperazine rings is 1. The van der Waals surface area contributed by atoms with Crippen molar-refractivity contribution in [3.63, 3.8) is 0 Å². The maximum absolute atomic E-state index is 13.0. The van der Waals surface area contributed by atoms with Gasteiger partial charge in [-0.3, -0.25) is 9.69 Å². The summed E-state index contributed by atoms with van der Waals surface area (Å²) in [6.07, 6.45) is 4.00. The fourth-order valence-electron chi connectivity index (χ4n) is 3.75. The summed E-state index contributed by atoms with van der Waals surface area (Å²) in [4.78, 5) is 17.3. The van der Waals surface area contributed by atoms with Crippen molar-refractivity contribution >= 4 is 5.91 Å². The number of hydrogen-bond donors (Lipinski definition) is 0. The van der Waals surface area contributed by atoms with Crippen molar-refractivity contribution in [1.29, 1.82) is 5.26 Å². The minimum absolute atomic E-state index is 0.0939. The van der Waals surface area contributed by atoms with Crippen LogP contribution in [0.2, 0.25) is 0 Å². The van der Waals surface area contributed by atoms with Crippen LogP contribution in [0.1, 0.15) is 27.0 Å². The predicted molar refractivity (Wildman–Crippen MR) is 113 cm³/mol. The van der Waals surface area contributed by atoms with Crippen molar-refractivity contribution in [2.45, 2.75) is 13.5 Å². The molecule has 4 rings (SSSR count). The molecule has 0 bridgehead atoms. The maximum atomic E-state index is 13.0. The van der Waals surface area contributed by atoms with E-state index in [0.717, 1.165) is 49.5 Å². The molecule has 5 nitrogen and oxygen atoms in total. The number of aryl methyl sites for hydroxylation is 1. The predicted octanol–water partition coefficient (Wildman–Crippen LogP) is 3.62. The highest BCUT2D eigenvalue weighted by Crippen LogP contribution is 2.19. The van der Waals surface area contributed by atoms with Crippen molar-refractivity contribution < 1.29 is 4.79 Å². The molecular formula is C24H24N4O. The van der Waals surface area contributed by atoms with Crippen LogP contribution >= 0.6 is 0 Å². The van der Waals surface area contributed by atoms with Crippen molar-refractivity contribution in [1.82, 2.24) is 14.4 Å². The molecule has 5 heteroatoms. The van der Waals surface area contributed by atoms with Gasteiger partial charge < -0.3 is 9.47 Å². The molecule has 0 radical (unpaired) electrons. The molecule has 0 N–H and O–H groups in total. The number of benzene rings is 2. The van der Waals surface area contributed by atoms with Crippen molar-refractivity contribution in [3.05, 3.63) is 89.2 Å². The number of aromatic nitrogens is 1. The first-order valence-corrected chi connectivity index (χ1v) is 9.89. The van der Waals surface area contributed by atoms with Gasteiger partial charge >= 0.3 is 0 Å². The molecule has 146 valence electrons. The van der Waals surface area contributed by atoms with Gasteiger partial charge in [-0.1, -0.05) is 18.2 Å². The van der Waals surface area contributed by atoms with Gasteiger partial charge in [0.15, 0.2) is 0 Å². The van der Waals surface area contributed by atoms with Crippen molar-refractivity contribution in [3.8, 4) is 11.8 Å². The summed E-state index contributed by atoms with van der Waals surface area (Å²) in [7, 11) is 0. The molecule has 0 atom stereocenters. The Bertz CT molecular complexity index is 1020. The number of carbonyl (C=O) groups excluding carboxylic acids is 1. The van der Waals surface area contributed by atoms with Gasteiger partial charge in [-0.05, 0) is 54.4 Å². The SMILES string of the molecule is Cc1ccc(C(=O)N2CCN(Cc3ccc(C#N)cc3)CC2)cc1-n1cccc1.